The summed E-state index contributed by atoms with van der Waals surface area (Å²) < 4.78 is 22.9. The summed E-state index contributed by atoms with van der Waals surface area (Å²) in [6, 6.07) is 6.15. The predicted octanol–water partition coefficient (Wildman–Crippen LogP) is 1.63. The molecule has 0 aliphatic carbocycles. The molecule has 0 aromatic heterocycles. The molecule has 5 heteroatoms. The van der Waals surface area contributed by atoms with Crippen LogP contribution in [0.25, 0.3) is 0 Å². The normalized spacial score (nSPS) is 13.9. The summed E-state index contributed by atoms with van der Waals surface area (Å²) in [6.45, 7) is 1.65. The maximum absolute atomic E-state index is 13.5. The lowest BCUT2D eigenvalue weighted by molar-refractivity contribution is -0.153. The number of benzene rings is 1. The Bertz CT molecular complexity index is 363. The SMILES string of the molecule is CCOC(=O)[C@@H](F)[C@H](O)c1ccc(OC)cc1. The highest BCUT2D eigenvalue weighted by atomic mass is 19.1. The van der Waals surface area contributed by atoms with Gasteiger partial charge in [0.25, 0.3) is 0 Å². The second kappa shape index (κ2) is 6.20. The van der Waals surface area contributed by atoms with Gasteiger partial charge in [-0.1, -0.05) is 12.1 Å². The summed E-state index contributed by atoms with van der Waals surface area (Å²) >= 11 is 0. The van der Waals surface area contributed by atoms with Crippen LogP contribution < -0.4 is 4.74 Å². The van der Waals surface area contributed by atoms with E-state index in [1.54, 1.807) is 19.1 Å². The molecule has 1 N–H and O–H groups in total. The van der Waals surface area contributed by atoms with E-state index in [0.29, 0.717) is 11.3 Å². The number of carbonyl (C=O) groups excluding carboxylic acids is 1. The number of carbonyl (C=O) groups is 1. The molecule has 0 unspecified atom stereocenters. The number of methoxy groups -OCH3 is 1. The summed E-state index contributed by atoms with van der Waals surface area (Å²) in [5.41, 5.74) is 0.298. The molecule has 0 aliphatic rings. The fourth-order valence-electron chi connectivity index (χ4n) is 1.32. The number of rotatable bonds is 5. The number of hydrogen-bond acceptors (Lipinski definition) is 4. The van der Waals surface area contributed by atoms with Gasteiger partial charge in [0.05, 0.1) is 13.7 Å². The van der Waals surface area contributed by atoms with Crippen LogP contribution >= 0.6 is 0 Å². The van der Waals surface area contributed by atoms with Crippen molar-refractivity contribution in [2.24, 2.45) is 0 Å². The van der Waals surface area contributed by atoms with Crippen molar-refractivity contribution in [2.75, 3.05) is 13.7 Å². The van der Waals surface area contributed by atoms with Gasteiger partial charge in [0.2, 0.25) is 6.17 Å². The molecule has 1 aromatic carbocycles. The van der Waals surface area contributed by atoms with E-state index in [4.69, 9.17) is 4.74 Å². The smallest absolute Gasteiger partial charge is 0.343 e. The second-order valence-electron chi connectivity index (χ2n) is 3.37. The van der Waals surface area contributed by atoms with Gasteiger partial charge >= 0.3 is 5.97 Å². The van der Waals surface area contributed by atoms with E-state index in [1.165, 1.54) is 19.2 Å². The molecule has 94 valence electrons. The average molecular weight is 242 g/mol. The average Bonchev–Trinajstić information content (AvgIpc) is 2.37. The predicted molar refractivity (Wildman–Crippen MR) is 59.5 cm³/mol. The van der Waals surface area contributed by atoms with Crippen LogP contribution in [-0.4, -0.2) is 31.0 Å². The van der Waals surface area contributed by atoms with Crippen molar-refractivity contribution in [3.63, 3.8) is 0 Å². The van der Waals surface area contributed by atoms with Gasteiger partial charge in [-0.3, -0.25) is 0 Å². The maximum atomic E-state index is 13.5. The first-order chi connectivity index (χ1) is 8.10. The zero-order valence-electron chi connectivity index (χ0n) is 9.72. The van der Waals surface area contributed by atoms with E-state index >= 15 is 0 Å². The van der Waals surface area contributed by atoms with Gasteiger partial charge < -0.3 is 14.6 Å². The third-order valence-electron chi connectivity index (χ3n) is 2.25. The van der Waals surface area contributed by atoms with E-state index in [9.17, 15) is 14.3 Å². The summed E-state index contributed by atoms with van der Waals surface area (Å²) in [5, 5.41) is 9.63. The highest BCUT2D eigenvalue weighted by molar-refractivity contribution is 5.75. The molecule has 0 bridgehead atoms. The van der Waals surface area contributed by atoms with E-state index < -0.39 is 18.2 Å². The number of aliphatic hydroxyl groups is 1. The molecule has 0 amide bonds. The molecule has 0 fully saturated rings. The minimum Gasteiger partial charge on any atom is -0.497 e. The Kier molecular flexibility index (Phi) is 4.90. The monoisotopic (exact) mass is 242 g/mol. The molecular weight excluding hydrogens is 227 g/mol. The Morgan fingerprint density at radius 3 is 2.47 bits per heavy atom. The van der Waals surface area contributed by atoms with Crippen LogP contribution in [-0.2, 0) is 9.53 Å². The Balaban J connectivity index is 2.73. The zero-order valence-corrected chi connectivity index (χ0v) is 9.72. The van der Waals surface area contributed by atoms with E-state index in [1.807, 2.05) is 0 Å². The Morgan fingerprint density at radius 2 is 2.00 bits per heavy atom. The largest absolute Gasteiger partial charge is 0.497 e. The van der Waals surface area contributed by atoms with Gasteiger partial charge in [-0.05, 0) is 24.6 Å². The number of esters is 1. The van der Waals surface area contributed by atoms with Crippen molar-refractivity contribution in [3.05, 3.63) is 29.8 Å². The molecule has 0 spiro atoms. The third-order valence-corrected chi connectivity index (χ3v) is 2.25. The van der Waals surface area contributed by atoms with Crippen LogP contribution in [0.4, 0.5) is 4.39 Å². The van der Waals surface area contributed by atoms with Crippen molar-refractivity contribution in [1.29, 1.82) is 0 Å². The maximum Gasteiger partial charge on any atom is 0.343 e. The van der Waals surface area contributed by atoms with Gasteiger partial charge in [-0.25, -0.2) is 9.18 Å². The first-order valence-electron chi connectivity index (χ1n) is 5.22. The molecule has 4 nitrogen and oxygen atoms in total. The lowest BCUT2D eigenvalue weighted by Crippen LogP contribution is -2.26. The molecule has 0 saturated heterocycles. The number of aliphatic hydroxyl groups excluding tert-OH is 1. The van der Waals surface area contributed by atoms with Gasteiger partial charge in [0.1, 0.15) is 11.9 Å². The first-order valence-corrected chi connectivity index (χ1v) is 5.22. The Hall–Kier alpha value is -1.62. The highest BCUT2D eigenvalue weighted by Crippen LogP contribution is 2.22. The molecule has 1 aromatic rings. The third kappa shape index (κ3) is 3.42. The van der Waals surface area contributed by atoms with Crippen molar-refractivity contribution >= 4 is 5.97 Å². The standard InChI is InChI=1S/C12H15FO4/c1-3-17-12(15)10(13)11(14)8-4-6-9(16-2)7-5-8/h4-7,10-11,14H,3H2,1-2H3/t10-,11+/m0/s1. The number of halogens is 1. The molecule has 1 rings (SSSR count). The number of ether oxygens (including phenoxy) is 2. The van der Waals surface area contributed by atoms with Crippen molar-refractivity contribution in [1.82, 2.24) is 0 Å². The topological polar surface area (TPSA) is 55.8 Å². The molecule has 0 heterocycles. The van der Waals surface area contributed by atoms with Gasteiger partial charge in [-0.2, -0.15) is 0 Å². The minimum absolute atomic E-state index is 0.0780. The number of hydrogen-bond donors (Lipinski definition) is 1. The summed E-state index contributed by atoms with van der Waals surface area (Å²) in [5.74, 6) is -0.469. The van der Waals surface area contributed by atoms with E-state index in [2.05, 4.69) is 4.74 Å². The summed E-state index contributed by atoms with van der Waals surface area (Å²) in [7, 11) is 1.50. The van der Waals surface area contributed by atoms with Crippen LogP contribution in [0.2, 0.25) is 0 Å². The highest BCUT2D eigenvalue weighted by Gasteiger charge is 2.28. The zero-order chi connectivity index (χ0) is 12.8. The van der Waals surface area contributed by atoms with Crippen LogP contribution in [0.3, 0.4) is 0 Å². The van der Waals surface area contributed by atoms with E-state index in [0.717, 1.165) is 0 Å². The van der Waals surface area contributed by atoms with Crippen LogP contribution in [0.5, 0.6) is 5.75 Å². The molecule has 0 saturated carbocycles. The van der Waals surface area contributed by atoms with Gasteiger partial charge in [0.15, 0.2) is 0 Å². The summed E-state index contributed by atoms with van der Waals surface area (Å²) in [4.78, 5) is 11.1. The minimum atomic E-state index is -2.08. The van der Waals surface area contributed by atoms with Crippen LogP contribution in [0, 0.1) is 0 Å². The lowest BCUT2D eigenvalue weighted by Gasteiger charge is -2.15. The quantitative estimate of drug-likeness (QED) is 0.797. The van der Waals surface area contributed by atoms with Crippen molar-refractivity contribution in [2.45, 2.75) is 19.2 Å². The van der Waals surface area contributed by atoms with Crippen molar-refractivity contribution < 1.29 is 23.8 Å². The van der Waals surface area contributed by atoms with Crippen LogP contribution in [0.15, 0.2) is 24.3 Å². The molecule has 17 heavy (non-hydrogen) atoms. The molecule has 0 aliphatic heterocycles. The Labute approximate surface area is 99.0 Å². The van der Waals surface area contributed by atoms with E-state index in [-0.39, 0.29) is 6.61 Å². The fourth-order valence-corrected chi connectivity index (χ4v) is 1.32. The lowest BCUT2D eigenvalue weighted by atomic mass is 10.1. The molecule has 0 radical (unpaired) electrons. The first kappa shape index (κ1) is 13.4. The second-order valence-corrected chi connectivity index (χ2v) is 3.37. The molecular formula is C12H15FO4. The summed E-state index contributed by atoms with van der Waals surface area (Å²) in [6.07, 6.45) is -3.61. The van der Waals surface area contributed by atoms with Crippen molar-refractivity contribution in [3.8, 4) is 5.75 Å². The fraction of sp³-hybridized carbons (Fsp3) is 0.417. The molecule has 2 atom stereocenters. The van der Waals surface area contributed by atoms with Crippen LogP contribution in [0.1, 0.15) is 18.6 Å². The Morgan fingerprint density at radius 1 is 1.41 bits per heavy atom. The van der Waals surface area contributed by atoms with Gasteiger partial charge in [0, 0.05) is 0 Å². The van der Waals surface area contributed by atoms with Gasteiger partial charge in [-0.15, -0.1) is 0 Å². The number of alkyl halides is 1.